The number of benzene rings is 1. The summed E-state index contributed by atoms with van der Waals surface area (Å²) in [5.74, 6) is -0.591. The molecular weight excluding hydrogens is 262 g/mol. The molecule has 0 saturated carbocycles. The predicted molar refractivity (Wildman–Crippen MR) is 72.1 cm³/mol. The Labute approximate surface area is 117 Å². The number of hydrogen-bond donors (Lipinski definition) is 3. The van der Waals surface area contributed by atoms with Crippen molar-refractivity contribution in [3.05, 3.63) is 23.8 Å². The van der Waals surface area contributed by atoms with Gasteiger partial charge in [-0.3, -0.25) is 0 Å². The van der Waals surface area contributed by atoms with E-state index in [1.807, 2.05) is 0 Å². The van der Waals surface area contributed by atoms with E-state index in [2.05, 4.69) is 5.32 Å². The van der Waals surface area contributed by atoms with Crippen LogP contribution in [0.2, 0.25) is 0 Å². The average molecular weight is 281 g/mol. The Kier molecular flexibility index (Phi) is 4.81. The minimum absolute atomic E-state index is 0.0230. The maximum absolute atomic E-state index is 10.9. The van der Waals surface area contributed by atoms with Gasteiger partial charge < -0.3 is 25.0 Å². The molecule has 0 aliphatic carbocycles. The number of rotatable bonds is 5. The fraction of sp³-hybridized carbons (Fsp3) is 0.500. The maximum Gasteiger partial charge on any atom is 0.337 e. The van der Waals surface area contributed by atoms with Crippen LogP contribution in [0.5, 0.6) is 11.5 Å². The summed E-state index contributed by atoms with van der Waals surface area (Å²) in [6.45, 7) is 1.73. The van der Waals surface area contributed by atoms with Crippen LogP contribution in [0.4, 0.5) is 0 Å². The van der Waals surface area contributed by atoms with Gasteiger partial charge in [-0.15, -0.1) is 0 Å². The Balaban J connectivity index is 2.23. The topological polar surface area (TPSA) is 88.0 Å². The number of hydrogen-bond acceptors (Lipinski definition) is 5. The van der Waals surface area contributed by atoms with E-state index in [0.29, 0.717) is 5.75 Å². The van der Waals surface area contributed by atoms with E-state index in [0.717, 1.165) is 25.9 Å². The largest absolute Gasteiger partial charge is 0.492 e. The van der Waals surface area contributed by atoms with Crippen LogP contribution in [0.3, 0.4) is 0 Å². The third-order valence-corrected chi connectivity index (χ3v) is 3.29. The third kappa shape index (κ3) is 3.20. The minimum Gasteiger partial charge on any atom is -0.492 e. The summed E-state index contributed by atoms with van der Waals surface area (Å²) in [5.41, 5.74) is 0.196. The maximum atomic E-state index is 10.9. The Morgan fingerprint density at radius 1 is 1.50 bits per heavy atom. The van der Waals surface area contributed by atoms with Crippen molar-refractivity contribution >= 4 is 5.97 Å². The van der Waals surface area contributed by atoms with E-state index < -0.39 is 12.1 Å². The van der Waals surface area contributed by atoms with Crippen molar-refractivity contribution in [1.29, 1.82) is 0 Å². The van der Waals surface area contributed by atoms with Gasteiger partial charge >= 0.3 is 5.97 Å². The van der Waals surface area contributed by atoms with Gasteiger partial charge in [-0.05, 0) is 25.5 Å². The zero-order chi connectivity index (χ0) is 14.5. The normalized spacial score (nSPS) is 20.2. The number of carboxylic acids is 1. The number of aliphatic hydroxyl groups excluding tert-OH is 1. The van der Waals surface area contributed by atoms with Crippen LogP contribution in [0.25, 0.3) is 0 Å². The monoisotopic (exact) mass is 281 g/mol. The number of piperidine rings is 1. The second kappa shape index (κ2) is 6.58. The van der Waals surface area contributed by atoms with Crippen LogP contribution < -0.4 is 14.8 Å². The molecule has 1 aliphatic heterocycles. The van der Waals surface area contributed by atoms with Crippen molar-refractivity contribution in [3.8, 4) is 11.5 Å². The molecule has 20 heavy (non-hydrogen) atoms. The minimum atomic E-state index is -1.63. The Hall–Kier alpha value is -1.79. The second-order valence-corrected chi connectivity index (χ2v) is 4.71. The molecule has 1 aromatic carbocycles. The molecule has 1 aliphatic rings. The van der Waals surface area contributed by atoms with Gasteiger partial charge in [0.25, 0.3) is 0 Å². The van der Waals surface area contributed by atoms with Gasteiger partial charge in [-0.2, -0.15) is 0 Å². The van der Waals surface area contributed by atoms with Crippen LogP contribution in [0.15, 0.2) is 18.2 Å². The lowest BCUT2D eigenvalue weighted by atomic mass is 10.1. The zero-order valence-electron chi connectivity index (χ0n) is 11.3. The van der Waals surface area contributed by atoms with E-state index >= 15 is 0 Å². The van der Waals surface area contributed by atoms with Crippen LogP contribution in [0, 0.1) is 0 Å². The standard InChI is InChI=1S/C14H19NO5/c1-19-13-10(12(16)14(17)18)5-2-6-11(13)20-9-4-3-7-15-8-9/h2,5-6,9,12,15-16H,3-4,7-8H2,1H3,(H,17,18). The Morgan fingerprint density at radius 3 is 2.90 bits per heavy atom. The molecule has 0 radical (unpaired) electrons. The third-order valence-electron chi connectivity index (χ3n) is 3.29. The number of para-hydroxylation sites is 1. The highest BCUT2D eigenvalue weighted by atomic mass is 16.5. The second-order valence-electron chi connectivity index (χ2n) is 4.71. The molecule has 3 N–H and O–H groups in total. The van der Waals surface area contributed by atoms with Crippen molar-refractivity contribution in [2.24, 2.45) is 0 Å². The first-order valence-corrected chi connectivity index (χ1v) is 6.58. The first-order chi connectivity index (χ1) is 9.63. The summed E-state index contributed by atoms with van der Waals surface area (Å²) in [6.07, 6.45) is 0.361. The van der Waals surface area contributed by atoms with Crippen LogP contribution >= 0.6 is 0 Å². The van der Waals surface area contributed by atoms with Gasteiger partial charge in [0.1, 0.15) is 6.10 Å². The molecule has 2 atom stereocenters. The summed E-state index contributed by atoms with van der Waals surface area (Å²) in [4.78, 5) is 10.9. The number of ether oxygens (including phenoxy) is 2. The lowest BCUT2D eigenvalue weighted by molar-refractivity contribution is -0.147. The summed E-state index contributed by atoms with van der Waals surface area (Å²) >= 11 is 0. The fourth-order valence-electron chi connectivity index (χ4n) is 2.29. The van der Waals surface area contributed by atoms with Crippen LogP contribution in [-0.2, 0) is 4.79 Å². The van der Waals surface area contributed by atoms with Gasteiger partial charge in [0, 0.05) is 12.1 Å². The smallest absolute Gasteiger partial charge is 0.337 e. The van der Waals surface area contributed by atoms with Crippen LogP contribution in [-0.4, -0.2) is 42.5 Å². The van der Waals surface area contributed by atoms with Crippen molar-refractivity contribution in [3.63, 3.8) is 0 Å². The summed E-state index contributed by atoms with van der Waals surface area (Å²) in [6, 6.07) is 4.88. The van der Waals surface area contributed by atoms with E-state index in [1.165, 1.54) is 13.2 Å². The number of methoxy groups -OCH3 is 1. The van der Waals surface area contributed by atoms with Gasteiger partial charge in [-0.1, -0.05) is 12.1 Å². The molecule has 2 rings (SSSR count). The van der Waals surface area contributed by atoms with Crippen molar-refractivity contribution in [2.45, 2.75) is 25.0 Å². The molecule has 110 valence electrons. The van der Waals surface area contributed by atoms with E-state index in [-0.39, 0.29) is 17.4 Å². The van der Waals surface area contributed by atoms with Crippen LogP contribution in [0.1, 0.15) is 24.5 Å². The molecule has 0 spiro atoms. The predicted octanol–water partition coefficient (Wildman–Crippen LogP) is 0.944. The number of aliphatic carboxylic acids is 1. The molecule has 0 aromatic heterocycles. The molecule has 0 bridgehead atoms. The fourth-order valence-corrected chi connectivity index (χ4v) is 2.29. The number of carbonyl (C=O) groups is 1. The van der Waals surface area contributed by atoms with Gasteiger partial charge in [-0.25, -0.2) is 4.79 Å². The lowest BCUT2D eigenvalue weighted by Crippen LogP contribution is -2.37. The summed E-state index contributed by atoms with van der Waals surface area (Å²) in [5, 5.41) is 21.8. The highest BCUT2D eigenvalue weighted by molar-refractivity contribution is 5.75. The highest BCUT2D eigenvalue weighted by Gasteiger charge is 2.24. The molecule has 1 heterocycles. The van der Waals surface area contributed by atoms with E-state index in [1.54, 1.807) is 12.1 Å². The molecular formula is C14H19NO5. The molecule has 6 heteroatoms. The SMILES string of the molecule is COc1c(OC2CCCNC2)cccc1C(O)C(=O)O. The van der Waals surface area contributed by atoms with Gasteiger partial charge in [0.15, 0.2) is 17.6 Å². The summed E-state index contributed by atoms with van der Waals surface area (Å²) in [7, 11) is 1.43. The zero-order valence-corrected chi connectivity index (χ0v) is 11.3. The highest BCUT2D eigenvalue weighted by Crippen LogP contribution is 2.35. The summed E-state index contributed by atoms with van der Waals surface area (Å²) < 4.78 is 11.1. The lowest BCUT2D eigenvalue weighted by Gasteiger charge is -2.25. The van der Waals surface area contributed by atoms with Gasteiger partial charge in [0.2, 0.25) is 0 Å². The molecule has 1 fully saturated rings. The first kappa shape index (κ1) is 14.6. The molecule has 6 nitrogen and oxygen atoms in total. The Morgan fingerprint density at radius 2 is 2.30 bits per heavy atom. The number of aliphatic hydroxyl groups is 1. The van der Waals surface area contributed by atoms with Crippen molar-refractivity contribution in [2.75, 3.05) is 20.2 Å². The number of nitrogens with one attached hydrogen (secondary N) is 1. The van der Waals surface area contributed by atoms with E-state index in [9.17, 15) is 9.90 Å². The molecule has 1 saturated heterocycles. The van der Waals surface area contributed by atoms with E-state index in [4.69, 9.17) is 14.6 Å². The molecule has 1 aromatic rings. The van der Waals surface area contributed by atoms with Crippen molar-refractivity contribution < 1.29 is 24.5 Å². The molecule has 2 unspecified atom stereocenters. The first-order valence-electron chi connectivity index (χ1n) is 6.58. The van der Waals surface area contributed by atoms with Gasteiger partial charge in [0.05, 0.1) is 7.11 Å². The Bertz CT molecular complexity index is 471. The quantitative estimate of drug-likeness (QED) is 0.744. The molecule has 0 amide bonds. The average Bonchev–Trinajstić information content (AvgIpc) is 2.47. The number of carboxylic acid groups (broad SMARTS) is 1. The van der Waals surface area contributed by atoms with Crippen molar-refractivity contribution in [1.82, 2.24) is 5.32 Å².